The second kappa shape index (κ2) is 22.4. The van der Waals surface area contributed by atoms with Crippen molar-refractivity contribution < 1.29 is 19.4 Å². The van der Waals surface area contributed by atoms with Gasteiger partial charge in [-0.1, -0.05) is 96.8 Å². The van der Waals surface area contributed by atoms with Crippen LogP contribution in [0.3, 0.4) is 0 Å². The fraction of sp³-hybridized carbons (Fsp3) is 0.733. The van der Waals surface area contributed by atoms with Gasteiger partial charge < -0.3 is 9.84 Å². The van der Waals surface area contributed by atoms with Gasteiger partial charge in [0.2, 0.25) is 11.8 Å². The molecule has 0 aliphatic carbocycles. The monoisotopic (exact) mass is 489 g/mol. The highest BCUT2D eigenvalue weighted by Crippen LogP contribution is 2.16. The van der Waals surface area contributed by atoms with Crippen LogP contribution in [-0.4, -0.2) is 23.5 Å². The van der Waals surface area contributed by atoms with Gasteiger partial charge in [0.05, 0.1) is 6.61 Å². The summed E-state index contributed by atoms with van der Waals surface area (Å²) in [6.07, 6.45) is 22.8. The molecule has 2 N–H and O–H groups in total. The zero-order chi connectivity index (χ0) is 25.4. The van der Waals surface area contributed by atoms with Gasteiger partial charge in [-0.2, -0.15) is 0 Å². The minimum Gasteiger partial charge on any atom is -0.508 e. The topological polar surface area (TPSA) is 75.6 Å². The molecular formula is C30H51NO4. The molecule has 1 aromatic carbocycles. The first-order valence-electron chi connectivity index (χ1n) is 14.4. The molecule has 0 radical (unpaired) electrons. The lowest BCUT2D eigenvalue weighted by molar-refractivity contribution is -0.130. The summed E-state index contributed by atoms with van der Waals surface area (Å²) < 4.78 is 5.59. The summed E-state index contributed by atoms with van der Waals surface area (Å²) in [5, 5.41) is 11.8. The highest BCUT2D eigenvalue weighted by Gasteiger charge is 2.07. The van der Waals surface area contributed by atoms with Crippen LogP contribution in [0.1, 0.15) is 135 Å². The maximum absolute atomic E-state index is 11.9. The summed E-state index contributed by atoms with van der Waals surface area (Å²) in [6.45, 7) is 2.84. The SMILES string of the molecule is CCCCCCCCCCCCCCCCCC(=O)NC(=O)CCCCCOc1ccc(O)cc1. The molecule has 5 nitrogen and oxygen atoms in total. The van der Waals surface area contributed by atoms with Gasteiger partial charge in [0.1, 0.15) is 11.5 Å². The fourth-order valence-corrected chi connectivity index (χ4v) is 4.23. The minimum absolute atomic E-state index is 0.139. The Labute approximate surface area is 214 Å². The van der Waals surface area contributed by atoms with Gasteiger partial charge in [0.15, 0.2) is 0 Å². The smallest absolute Gasteiger partial charge is 0.226 e. The molecule has 5 heteroatoms. The number of hydrogen-bond acceptors (Lipinski definition) is 4. The Balaban J connectivity index is 1.82. The number of benzene rings is 1. The van der Waals surface area contributed by atoms with Gasteiger partial charge in [-0.3, -0.25) is 14.9 Å². The van der Waals surface area contributed by atoms with Crippen LogP contribution in [0.25, 0.3) is 0 Å². The Hall–Kier alpha value is -2.04. The number of hydrogen-bond donors (Lipinski definition) is 2. The van der Waals surface area contributed by atoms with E-state index in [0.29, 0.717) is 19.4 Å². The fourth-order valence-electron chi connectivity index (χ4n) is 4.23. The molecule has 0 aliphatic heterocycles. The zero-order valence-corrected chi connectivity index (χ0v) is 22.3. The molecule has 0 spiro atoms. The Morgan fingerprint density at radius 2 is 1.03 bits per heavy atom. The van der Waals surface area contributed by atoms with Crippen LogP contribution >= 0.6 is 0 Å². The number of carbonyl (C=O) groups is 2. The summed E-state index contributed by atoms with van der Waals surface area (Å²) in [5.41, 5.74) is 0. The van der Waals surface area contributed by atoms with E-state index in [0.717, 1.165) is 37.9 Å². The van der Waals surface area contributed by atoms with E-state index in [1.165, 1.54) is 83.5 Å². The molecule has 0 bridgehead atoms. The van der Waals surface area contributed by atoms with Gasteiger partial charge in [0, 0.05) is 12.8 Å². The Morgan fingerprint density at radius 3 is 1.49 bits per heavy atom. The van der Waals surface area contributed by atoms with Crippen molar-refractivity contribution in [3.8, 4) is 11.5 Å². The van der Waals surface area contributed by atoms with E-state index in [1.807, 2.05) is 0 Å². The second-order valence-electron chi connectivity index (χ2n) is 9.82. The molecule has 0 fully saturated rings. The van der Waals surface area contributed by atoms with E-state index < -0.39 is 0 Å². The van der Waals surface area contributed by atoms with Crippen molar-refractivity contribution in [2.75, 3.05) is 6.61 Å². The number of rotatable bonds is 23. The maximum Gasteiger partial charge on any atom is 0.226 e. The summed E-state index contributed by atoms with van der Waals surface area (Å²) in [7, 11) is 0. The van der Waals surface area contributed by atoms with Crippen LogP contribution in [0.4, 0.5) is 0 Å². The number of phenols is 1. The van der Waals surface area contributed by atoms with Crippen molar-refractivity contribution in [3.05, 3.63) is 24.3 Å². The summed E-state index contributed by atoms with van der Waals surface area (Å²) in [5.74, 6) is 0.637. The van der Waals surface area contributed by atoms with Crippen LogP contribution in [0, 0.1) is 0 Å². The van der Waals surface area contributed by atoms with Crippen LogP contribution < -0.4 is 10.1 Å². The molecule has 200 valence electrons. The standard InChI is InChI=1S/C30H51NO4/c1-2-3-4-5-6-7-8-9-10-11-12-13-14-15-17-20-29(33)31-30(34)21-18-16-19-26-35-28-24-22-27(32)23-25-28/h22-25,32H,2-21,26H2,1H3,(H,31,33,34). The zero-order valence-electron chi connectivity index (χ0n) is 22.3. The van der Waals surface area contributed by atoms with Crippen molar-refractivity contribution in [1.29, 1.82) is 0 Å². The lowest BCUT2D eigenvalue weighted by Gasteiger charge is -2.07. The van der Waals surface area contributed by atoms with Crippen molar-refractivity contribution >= 4 is 11.8 Å². The van der Waals surface area contributed by atoms with Crippen molar-refractivity contribution in [1.82, 2.24) is 5.32 Å². The third-order valence-corrected chi connectivity index (χ3v) is 6.44. The molecule has 0 aromatic heterocycles. The molecule has 2 amide bonds. The Bertz CT molecular complexity index is 644. The van der Waals surface area contributed by atoms with Crippen LogP contribution in [0.15, 0.2) is 24.3 Å². The quantitative estimate of drug-likeness (QED) is 0.152. The average molecular weight is 490 g/mol. The van der Waals surface area contributed by atoms with E-state index >= 15 is 0 Å². The van der Waals surface area contributed by atoms with Gasteiger partial charge in [-0.25, -0.2) is 0 Å². The number of ether oxygens (including phenoxy) is 1. The molecule has 0 heterocycles. The first kappa shape index (κ1) is 31.0. The molecule has 0 saturated heterocycles. The number of phenolic OH excluding ortho intramolecular Hbond substituents is 1. The van der Waals surface area contributed by atoms with Crippen molar-refractivity contribution in [3.63, 3.8) is 0 Å². The van der Waals surface area contributed by atoms with Gasteiger partial charge in [-0.15, -0.1) is 0 Å². The number of amides is 2. The molecule has 1 aromatic rings. The third kappa shape index (κ3) is 19.9. The van der Waals surface area contributed by atoms with E-state index in [2.05, 4.69) is 12.2 Å². The van der Waals surface area contributed by atoms with Gasteiger partial charge in [0.25, 0.3) is 0 Å². The van der Waals surface area contributed by atoms with Crippen LogP contribution in [0.5, 0.6) is 11.5 Å². The van der Waals surface area contributed by atoms with E-state index in [1.54, 1.807) is 24.3 Å². The number of aromatic hydroxyl groups is 1. The second-order valence-corrected chi connectivity index (χ2v) is 9.82. The molecule has 35 heavy (non-hydrogen) atoms. The summed E-state index contributed by atoms with van der Waals surface area (Å²) in [6, 6.07) is 6.65. The molecule has 0 atom stereocenters. The number of unbranched alkanes of at least 4 members (excludes halogenated alkanes) is 16. The van der Waals surface area contributed by atoms with Crippen LogP contribution in [-0.2, 0) is 9.59 Å². The van der Waals surface area contributed by atoms with Gasteiger partial charge >= 0.3 is 0 Å². The van der Waals surface area contributed by atoms with Gasteiger partial charge in [-0.05, 0) is 49.9 Å². The number of imide groups is 1. The highest BCUT2D eigenvalue weighted by molar-refractivity contribution is 5.95. The highest BCUT2D eigenvalue weighted by atomic mass is 16.5. The predicted octanol–water partition coefficient (Wildman–Crippen LogP) is 8.24. The molecule has 0 aliphatic rings. The largest absolute Gasteiger partial charge is 0.508 e. The van der Waals surface area contributed by atoms with E-state index in [9.17, 15) is 14.7 Å². The molecule has 1 rings (SSSR count). The third-order valence-electron chi connectivity index (χ3n) is 6.44. The summed E-state index contributed by atoms with van der Waals surface area (Å²) in [4.78, 5) is 23.8. The van der Waals surface area contributed by atoms with E-state index in [4.69, 9.17) is 4.74 Å². The van der Waals surface area contributed by atoms with Crippen molar-refractivity contribution in [2.24, 2.45) is 0 Å². The molecular weight excluding hydrogens is 438 g/mol. The maximum atomic E-state index is 11.9. The first-order valence-corrected chi connectivity index (χ1v) is 14.4. The number of carbonyl (C=O) groups excluding carboxylic acids is 2. The lowest BCUT2D eigenvalue weighted by Crippen LogP contribution is -2.29. The molecule has 0 unspecified atom stereocenters. The minimum atomic E-state index is -0.171. The Morgan fingerprint density at radius 1 is 0.629 bits per heavy atom. The van der Waals surface area contributed by atoms with Crippen LogP contribution in [0.2, 0.25) is 0 Å². The van der Waals surface area contributed by atoms with Crippen molar-refractivity contribution in [2.45, 2.75) is 135 Å². The normalized spacial score (nSPS) is 10.9. The van der Waals surface area contributed by atoms with E-state index in [-0.39, 0.29) is 17.6 Å². The molecule has 0 saturated carbocycles. The lowest BCUT2D eigenvalue weighted by atomic mass is 10.0. The first-order chi connectivity index (χ1) is 17.1. The predicted molar refractivity (Wildman–Crippen MR) is 145 cm³/mol. The Kier molecular flexibility index (Phi) is 19.9. The number of nitrogens with one attached hydrogen (secondary N) is 1. The average Bonchev–Trinajstić information content (AvgIpc) is 2.84. The summed E-state index contributed by atoms with van der Waals surface area (Å²) >= 11 is 0.